The first-order valence-corrected chi connectivity index (χ1v) is 6.29. The van der Waals surface area contributed by atoms with Crippen LogP contribution in [0.1, 0.15) is 26.3 Å². The van der Waals surface area contributed by atoms with Crippen LogP contribution >= 0.6 is 15.9 Å². The van der Waals surface area contributed by atoms with E-state index in [1.807, 2.05) is 45.0 Å². The normalized spacial score (nSPS) is 11.3. The highest BCUT2D eigenvalue weighted by Gasteiger charge is 2.20. The molecule has 0 bridgehead atoms. The molecule has 1 rings (SSSR count). The molecule has 0 aliphatic rings. The molecule has 0 atom stereocenters. The Hall–Kier alpha value is -1.03. The van der Waals surface area contributed by atoms with Gasteiger partial charge in [-0.15, -0.1) is 0 Å². The minimum Gasteiger partial charge on any atom is -0.465 e. The molecule has 0 aromatic heterocycles. The third kappa shape index (κ3) is 5.22. The zero-order chi connectivity index (χ0) is 13.1. The van der Waals surface area contributed by atoms with E-state index in [0.29, 0.717) is 13.1 Å². The highest BCUT2D eigenvalue weighted by Crippen LogP contribution is 2.18. The minimum atomic E-state index is -0.872. The fourth-order valence-electron chi connectivity index (χ4n) is 1.57. The Morgan fingerprint density at radius 2 is 1.82 bits per heavy atom. The van der Waals surface area contributed by atoms with Gasteiger partial charge in [0.25, 0.3) is 0 Å². The van der Waals surface area contributed by atoms with Gasteiger partial charge in [0, 0.05) is 17.6 Å². The molecule has 0 heterocycles. The molecule has 0 spiro atoms. The summed E-state index contributed by atoms with van der Waals surface area (Å²) < 4.78 is 0.999. The average Bonchev–Trinajstić information content (AvgIpc) is 2.18. The summed E-state index contributed by atoms with van der Waals surface area (Å²) in [6.45, 7) is 7.05. The smallest absolute Gasteiger partial charge is 0.407 e. The van der Waals surface area contributed by atoms with Crippen molar-refractivity contribution >= 4 is 22.0 Å². The third-order valence-electron chi connectivity index (χ3n) is 2.22. The molecule has 0 radical (unpaired) electrons. The predicted molar refractivity (Wildman–Crippen MR) is 72.0 cm³/mol. The van der Waals surface area contributed by atoms with Crippen molar-refractivity contribution in [3.63, 3.8) is 0 Å². The van der Waals surface area contributed by atoms with Gasteiger partial charge in [0.05, 0.1) is 0 Å². The van der Waals surface area contributed by atoms with Gasteiger partial charge in [-0.25, -0.2) is 4.79 Å². The average molecular weight is 300 g/mol. The lowest BCUT2D eigenvalue weighted by Gasteiger charge is -2.27. The van der Waals surface area contributed by atoms with E-state index in [1.54, 1.807) is 0 Å². The van der Waals surface area contributed by atoms with E-state index in [2.05, 4.69) is 15.9 Å². The van der Waals surface area contributed by atoms with Crippen LogP contribution in [0.2, 0.25) is 0 Å². The standard InChI is InChI=1S/C13H18BrNO2/c1-13(2,3)9-15(12(16)17)8-10-4-6-11(14)7-5-10/h4-7H,8-9H2,1-3H3,(H,16,17). The molecule has 94 valence electrons. The Labute approximate surface area is 111 Å². The Bertz CT molecular complexity index is 381. The van der Waals surface area contributed by atoms with Gasteiger partial charge in [-0.2, -0.15) is 0 Å². The Kier molecular flexibility index (Phi) is 4.57. The predicted octanol–water partition coefficient (Wildman–Crippen LogP) is 3.98. The number of carboxylic acid groups (broad SMARTS) is 1. The summed E-state index contributed by atoms with van der Waals surface area (Å²) in [5.41, 5.74) is 0.966. The Morgan fingerprint density at radius 3 is 2.24 bits per heavy atom. The van der Waals surface area contributed by atoms with Crippen LogP contribution in [0.4, 0.5) is 4.79 Å². The van der Waals surface area contributed by atoms with Crippen molar-refractivity contribution in [3.05, 3.63) is 34.3 Å². The van der Waals surface area contributed by atoms with Gasteiger partial charge >= 0.3 is 6.09 Å². The molecule has 0 saturated carbocycles. The molecule has 0 aliphatic carbocycles. The van der Waals surface area contributed by atoms with E-state index >= 15 is 0 Å². The molecular weight excluding hydrogens is 282 g/mol. The van der Waals surface area contributed by atoms with Crippen LogP contribution in [-0.4, -0.2) is 22.6 Å². The van der Waals surface area contributed by atoms with Crippen molar-refractivity contribution in [2.24, 2.45) is 5.41 Å². The fourth-order valence-corrected chi connectivity index (χ4v) is 1.84. The number of rotatable bonds is 3. The first kappa shape index (κ1) is 14.0. The minimum absolute atomic E-state index is 0.0340. The van der Waals surface area contributed by atoms with Crippen LogP contribution in [0.15, 0.2) is 28.7 Å². The van der Waals surface area contributed by atoms with Crippen molar-refractivity contribution in [2.75, 3.05) is 6.54 Å². The summed E-state index contributed by atoms with van der Waals surface area (Å²) >= 11 is 3.36. The van der Waals surface area contributed by atoms with Gasteiger partial charge < -0.3 is 10.0 Å². The van der Waals surface area contributed by atoms with Crippen LogP contribution in [0.3, 0.4) is 0 Å². The lowest BCUT2D eigenvalue weighted by Crippen LogP contribution is -2.36. The van der Waals surface area contributed by atoms with E-state index < -0.39 is 6.09 Å². The largest absolute Gasteiger partial charge is 0.465 e. The molecule has 1 aromatic carbocycles. The van der Waals surface area contributed by atoms with Crippen LogP contribution in [0, 0.1) is 5.41 Å². The monoisotopic (exact) mass is 299 g/mol. The summed E-state index contributed by atoms with van der Waals surface area (Å²) in [5.74, 6) is 0. The van der Waals surface area contributed by atoms with Gasteiger partial charge in [0.1, 0.15) is 0 Å². The number of carbonyl (C=O) groups is 1. The first-order chi connectivity index (χ1) is 7.78. The van der Waals surface area contributed by atoms with Gasteiger partial charge in [-0.05, 0) is 23.1 Å². The summed E-state index contributed by atoms with van der Waals surface area (Å²) in [4.78, 5) is 12.6. The second-order valence-corrected chi connectivity index (χ2v) is 6.24. The molecule has 0 unspecified atom stereocenters. The van der Waals surface area contributed by atoms with Crippen molar-refractivity contribution in [2.45, 2.75) is 27.3 Å². The lowest BCUT2D eigenvalue weighted by atomic mass is 9.96. The lowest BCUT2D eigenvalue weighted by molar-refractivity contribution is 0.123. The first-order valence-electron chi connectivity index (χ1n) is 5.50. The van der Waals surface area contributed by atoms with Gasteiger partial charge in [0.15, 0.2) is 0 Å². The van der Waals surface area contributed by atoms with Gasteiger partial charge in [-0.1, -0.05) is 48.8 Å². The van der Waals surface area contributed by atoms with Crippen LogP contribution in [0.25, 0.3) is 0 Å². The maximum atomic E-state index is 11.2. The van der Waals surface area contributed by atoms with Gasteiger partial charge in [-0.3, -0.25) is 0 Å². The van der Waals surface area contributed by atoms with Gasteiger partial charge in [0.2, 0.25) is 0 Å². The topological polar surface area (TPSA) is 40.5 Å². The van der Waals surface area contributed by atoms with E-state index in [4.69, 9.17) is 5.11 Å². The molecule has 1 amide bonds. The van der Waals surface area contributed by atoms with E-state index in [0.717, 1.165) is 10.0 Å². The molecule has 17 heavy (non-hydrogen) atoms. The summed E-state index contributed by atoms with van der Waals surface area (Å²) in [5, 5.41) is 9.17. The molecule has 4 heteroatoms. The number of benzene rings is 1. The number of hydrogen-bond acceptors (Lipinski definition) is 1. The summed E-state index contributed by atoms with van der Waals surface area (Å²) in [7, 11) is 0. The highest BCUT2D eigenvalue weighted by molar-refractivity contribution is 9.10. The molecule has 0 aliphatic heterocycles. The fraction of sp³-hybridized carbons (Fsp3) is 0.462. The van der Waals surface area contributed by atoms with Crippen LogP contribution < -0.4 is 0 Å². The maximum Gasteiger partial charge on any atom is 0.407 e. The van der Waals surface area contributed by atoms with E-state index in [9.17, 15) is 4.79 Å². The van der Waals surface area contributed by atoms with E-state index in [-0.39, 0.29) is 5.41 Å². The molecule has 1 N–H and O–H groups in total. The second-order valence-electron chi connectivity index (χ2n) is 5.33. The van der Waals surface area contributed by atoms with Crippen molar-refractivity contribution in [3.8, 4) is 0 Å². The SMILES string of the molecule is CC(C)(C)CN(Cc1ccc(Br)cc1)C(=O)O. The Balaban J connectivity index is 2.73. The van der Waals surface area contributed by atoms with Crippen molar-refractivity contribution < 1.29 is 9.90 Å². The quantitative estimate of drug-likeness (QED) is 0.917. The molecule has 1 aromatic rings. The third-order valence-corrected chi connectivity index (χ3v) is 2.75. The summed E-state index contributed by atoms with van der Waals surface area (Å²) in [6, 6.07) is 7.71. The summed E-state index contributed by atoms with van der Waals surface area (Å²) in [6.07, 6.45) is -0.872. The second kappa shape index (κ2) is 5.54. The van der Waals surface area contributed by atoms with Crippen LogP contribution in [0.5, 0.6) is 0 Å². The van der Waals surface area contributed by atoms with E-state index in [1.165, 1.54) is 4.90 Å². The highest BCUT2D eigenvalue weighted by atomic mass is 79.9. The zero-order valence-electron chi connectivity index (χ0n) is 10.4. The van der Waals surface area contributed by atoms with Crippen LogP contribution in [-0.2, 0) is 6.54 Å². The maximum absolute atomic E-state index is 11.2. The zero-order valence-corrected chi connectivity index (χ0v) is 12.0. The number of halogens is 1. The van der Waals surface area contributed by atoms with Crippen molar-refractivity contribution in [1.82, 2.24) is 4.90 Å². The Morgan fingerprint density at radius 1 is 1.29 bits per heavy atom. The molecule has 0 fully saturated rings. The van der Waals surface area contributed by atoms with Crippen molar-refractivity contribution in [1.29, 1.82) is 0 Å². The molecule has 3 nitrogen and oxygen atoms in total. The number of amides is 1. The number of nitrogens with zero attached hydrogens (tertiary/aromatic N) is 1. The number of hydrogen-bond donors (Lipinski definition) is 1. The molecular formula is C13H18BrNO2. The molecule has 0 saturated heterocycles.